The number of urea groups is 1. The average molecular weight is 379 g/mol. The van der Waals surface area contributed by atoms with Crippen molar-refractivity contribution in [2.45, 2.75) is 31.2 Å². The van der Waals surface area contributed by atoms with E-state index in [1.54, 1.807) is 0 Å². The molecule has 1 N–H and O–H groups in total. The third-order valence-electron chi connectivity index (χ3n) is 5.61. The lowest BCUT2D eigenvalue weighted by Crippen LogP contribution is -2.44. The van der Waals surface area contributed by atoms with Crippen LogP contribution in [0.1, 0.15) is 25.7 Å². The molecule has 0 radical (unpaired) electrons. The van der Waals surface area contributed by atoms with Gasteiger partial charge in [0.1, 0.15) is 11.3 Å². The molecule has 1 spiro atoms. The summed E-state index contributed by atoms with van der Waals surface area (Å²) in [5, 5.41) is 2.93. The van der Waals surface area contributed by atoms with Crippen molar-refractivity contribution in [2.24, 2.45) is 0 Å². The minimum absolute atomic E-state index is 0.0720. The van der Waals surface area contributed by atoms with Crippen molar-refractivity contribution in [2.75, 3.05) is 25.0 Å². The Kier molecular flexibility index (Phi) is 4.94. The summed E-state index contributed by atoms with van der Waals surface area (Å²) in [6.45, 7) is 0.882. The van der Waals surface area contributed by atoms with Gasteiger partial charge in [0.25, 0.3) is 5.91 Å². The molecule has 1 aliphatic heterocycles. The lowest BCUT2D eigenvalue weighted by atomic mass is 9.98. The zero-order valence-electron chi connectivity index (χ0n) is 16.1. The molecule has 2 fully saturated rings. The number of rotatable bonds is 6. The van der Waals surface area contributed by atoms with Gasteiger partial charge in [0.15, 0.2) is 5.75 Å². The van der Waals surface area contributed by atoms with Gasteiger partial charge in [-0.2, -0.15) is 0 Å². The summed E-state index contributed by atoms with van der Waals surface area (Å²) < 4.78 is 6.02. The van der Waals surface area contributed by atoms with E-state index in [1.807, 2.05) is 66.5 Å². The molecule has 0 bridgehead atoms. The zero-order valence-corrected chi connectivity index (χ0v) is 16.1. The van der Waals surface area contributed by atoms with Gasteiger partial charge < -0.3 is 15.0 Å². The van der Waals surface area contributed by atoms with Gasteiger partial charge in [-0.05, 0) is 37.1 Å². The SMILES string of the molecule is CN(CCN1C(=O)NC2(CCCC2)C1=O)c1ccccc1Oc1ccccc1. The smallest absolute Gasteiger partial charge is 0.325 e. The van der Waals surface area contributed by atoms with Crippen LogP contribution >= 0.6 is 0 Å². The van der Waals surface area contributed by atoms with Crippen molar-refractivity contribution < 1.29 is 14.3 Å². The van der Waals surface area contributed by atoms with E-state index in [4.69, 9.17) is 4.74 Å². The van der Waals surface area contributed by atoms with Crippen LogP contribution in [0.15, 0.2) is 54.6 Å². The molecule has 0 atom stereocenters. The minimum Gasteiger partial charge on any atom is -0.455 e. The van der Waals surface area contributed by atoms with E-state index in [0.717, 1.165) is 42.9 Å². The number of carbonyl (C=O) groups excluding carboxylic acids is 2. The Bertz CT molecular complexity index is 862. The molecule has 6 nitrogen and oxygen atoms in total. The van der Waals surface area contributed by atoms with Gasteiger partial charge in [0.05, 0.1) is 5.69 Å². The summed E-state index contributed by atoms with van der Waals surface area (Å²) in [7, 11) is 1.94. The van der Waals surface area contributed by atoms with Crippen molar-refractivity contribution in [3.63, 3.8) is 0 Å². The molecule has 1 saturated carbocycles. The Balaban J connectivity index is 1.44. The maximum Gasteiger partial charge on any atom is 0.325 e. The molecular formula is C22H25N3O3. The fraction of sp³-hybridized carbons (Fsp3) is 0.364. The number of amides is 3. The minimum atomic E-state index is -0.649. The first-order valence-corrected chi connectivity index (χ1v) is 9.76. The summed E-state index contributed by atoms with van der Waals surface area (Å²) in [5.41, 5.74) is 0.262. The summed E-state index contributed by atoms with van der Waals surface area (Å²) in [4.78, 5) is 28.5. The first-order valence-electron chi connectivity index (χ1n) is 9.76. The lowest BCUT2D eigenvalue weighted by molar-refractivity contribution is -0.131. The monoisotopic (exact) mass is 379 g/mol. The van der Waals surface area contributed by atoms with E-state index in [-0.39, 0.29) is 11.9 Å². The highest BCUT2D eigenvalue weighted by Gasteiger charge is 2.52. The van der Waals surface area contributed by atoms with E-state index in [0.29, 0.717) is 13.1 Å². The van der Waals surface area contributed by atoms with Crippen LogP contribution < -0.4 is 15.0 Å². The summed E-state index contributed by atoms with van der Waals surface area (Å²) >= 11 is 0. The molecule has 1 saturated heterocycles. The number of hydrogen-bond acceptors (Lipinski definition) is 4. The van der Waals surface area contributed by atoms with Crippen LogP contribution in [0.4, 0.5) is 10.5 Å². The Morgan fingerprint density at radius 2 is 1.71 bits per heavy atom. The molecule has 3 amide bonds. The number of nitrogens with one attached hydrogen (secondary N) is 1. The van der Waals surface area contributed by atoms with E-state index in [1.165, 1.54) is 4.90 Å². The highest BCUT2D eigenvalue weighted by molar-refractivity contribution is 6.07. The van der Waals surface area contributed by atoms with E-state index in [2.05, 4.69) is 5.32 Å². The molecule has 0 unspecified atom stereocenters. The number of likely N-dealkylation sites (N-methyl/N-ethyl adjacent to an activating group) is 1. The quantitative estimate of drug-likeness (QED) is 0.776. The zero-order chi connectivity index (χ0) is 19.6. The fourth-order valence-electron chi connectivity index (χ4n) is 4.04. The number of hydrogen-bond donors (Lipinski definition) is 1. The molecule has 2 aromatic carbocycles. The van der Waals surface area contributed by atoms with Gasteiger partial charge in [-0.1, -0.05) is 43.2 Å². The van der Waals surface area contributed by atoms with Crippen molar-refractivity contribution in [1.29, 1.82) is 0 Å². The number of anilines is 1. The molecule has 28 heavy (non-hydrogen) atoms. The fourth-order valence-corrected chi connectivity index (χ4v) is 4.04. The number of nitrogens with zero attached hydrogens (tertiary/aromatic N) is 2. The lowest BCUT2D eigenvalue weighted by Gasteiger charge is -2.25. The molecule has 2 aliphatic rings. The second kappa shape index (κ2) is 7.54. The topological polar surface area (TPSA) is 61.9 Å². The standard InChI is InChI=1S/C22H25N3O3/c1-24(15-16-25-20(26)22(23-21(25)27)13-7-8-14-22)18-11-5-6-12-19(18)28-17-9-3-2-4-10-17/h2-6,9-12H,7-8,13-16H2,1H3,(H,23,27). The Hall–Kier alpha value is -3.02. The maximum absolute atomic E-state index is 12.8. The molecule has 146 valence electrons. The largest absolute Gasteiger partial charge is 0.455 e. The van der Waals surface area contributed by atoms with Crippen LogP contribution in [-0.4, -0.2) is 42.5 Å². The third kappa shape index (κ3) is 3.42. The molecule has 2 aromatic rings. The average Bonchev–Trinajstić information content (AvgIpc) is 3.27. The molecular weight excluding hydrogens is 354 g/mol. The van der Waals surface area contributed by atoms with E-state index in [9.17, 15) is 9.59 Å². The molecule has 6 heteroatoms. The molecule has 0 aromatic heterocycles. The van der Waals surface area contributed by atoms with Crippen LogP contribution in [0.5, 0.6) is 11.5 Å². The van der Waals surface area contributed by atoms with Crippen LogP contribution in [0.3, 0.4) is 0 Å². The summed E-state index contributed by atoms with van der Waals surface area (Å²) in [5.74, 6) is 1.43. The van der Waals surface area contributed by atoms with Gasteiger partial charge >= 0.3 is 6.03 Å². The molecule has 1 aliphatic carbocycles. The van der Waals surface area contributed by atoms with Crippen LogP contribution in [0.25, 0.3) is 0 Å². The van der Waals surface area contributed by atoms with Crippen molar-refractivity contribution in [1.82, 2.24) is 10.2 Å². The maximum atomic E-state index is 12.8. The summed E-state index contributed by atoms with van der Waals surface area (Å²) in [6.07, 6.45) is 3.48. The second-order valence-electron chi connectivity index (χ2n) is 7.48. The van der Waals surface area contributed by atoms with Gasteiger partial charge in [-0.25, -0.2) is 4.79 Å². The number of imide groups is 1. The Labute approximate surface area is 165 Å². The first-order chi connectivity index (χ1) is 13.6. The van der Waals surface area contributed by atoms with Crippen LogP contribution in [-0.2, 0) is 4.79 Å². The van der Waals surface area contributed by atoms with Gasteiger partial charge in [0, 0.05) is 20.1 Å². The predicted molar refractivity (Wildman–Crippen MR) is 108 cm³/mol. The number of benzene rings is 2. The highest BCUT2D eigenvalue weighted by atomic mass is 16.5. The van der Waals surface area contributed by atoms with Crippen molar-refractivity contribution in [3.8, 4) is 11.5 Å². The second-order valence-corrected chi connectivity index (χ2v) is 7.48. The van der Waals surface area contributed by atoms with Crippen molar-refractivity contribution >= 4 is 17.6 Å². The number of carbonyl (C=O) groups is 2. The number of ether oxygens (including phenoxy) is 1. The normalized spacial score (nSPS) is 17.8. The predicted octanol–water partition coefficient (Wildman–Crippen LogP) is 3.78. The van der Waals surface area contributed by atoms with Gasteiger partial charge in [0.2, 0.25) is 0 Å². The first kappa shape index (κ1) is 18.3. The van der Waals surface area contributed by atoms with Crippen LogP contribution in [0, 0.1) is 0 Å². The molecule has 4 rings (SSSR count). The summed E-state index contributed by atoms with van der Waals surface area (Å²) in [6, 6.07) is 17.1. The Morgan fingerprint density at radius 1 is 1.04 bits per heavy atom. The Morgan fingerprint density at radius 3 is 2.46 bits per heavy atom. The van der Waals surface area contributed by atoms with Gasteiger partial charge in [-0.15, -0.1) is 0 Å². The van der Waals surface area contributed by atoms with E-state index >= 15 is 0 Å². The van der Waals surface area contributed by atoms with Crippen LogP contribution in [0.2, 0.25) is 0 Å². The third-order valence-corrected chi connectivity index (χ3v) is 5.61. The molecule has 1 heterocycles. The van der Waals surface area contributed by atoms with Crippen molar-refractivity contribution in [3.05, 3.63) is 54.6 Å². The van der Waals surface area contributed by atoms with Gasteiger partial charge in [-0.3, -0.25) is 9.69 Å². The van der Waals surface area contributed by atoms with E-state index < -0.39 is 5.54 Å². The highest BCUT2D eigenvalue weighted by Crippen LogP contribution is 2.35. The number of para-hydroxylation sites is 3.